The SMILES string of the molecule is COCCNCCc1c(C)nn(CCOCCOC)c1C. The van der Waals surface area contributed by atoms with Crippen molar-refractivity contribution in [3.63, 3.8) is 0 Å². The maximum absolute atomic E-state index is 5.50. The Hall–Kier alpha value is -0.950. The molecule has 0 bridgehead atoms. The molecular weight excluding hydrogens is 270 g/mol. The lowest BCUT2D eigenvalue weighted by Crippen LogP contribution is -2.22. The fourth-order valence-electron chi connectivity index (χ4n) is 2.22. The number of nitrogens with zero attached hydrogens (tertiary/aromatic N) is 2. The van der Waals surface area contributed by atoms with Gasteiger partial charge in [-0.2, -0.15) is 5.10 Å². The molecular formula is C15H29N3O3. The van der Waals surface area contributed by atoms with E-state index >= 15 is 0 Å². The Balaban J connectivity index is 2.36. The molecule has 6 nitrogen and oxygen atoms in total. The van der Waals surface area contributed by atoms with Gasteiger partial charge >= 0.3 is 0 Å². The van der Waals surface area contributed by atoms with Gasteiger partial charge in [0.05, 0.1) is 38.7 Å². The second-order valence-electron chi connectivity index (χ2n) is 4.97. The van der Waals surface area contributed by atoms with Crippen LogP contribution in [0.5, 0.6) is 0 Å². The van der Waals surface area contributed by atoms with Crippen LogP contribution in [0.3, 0.4) is 0 Å². The van der Waals surface area contributed by atoms with Gasteiger partial charge in [0.2, 0.25) is 0 Å². The molecule has 1 N–H and O–H groups in total. The molecule has 0 aromatic carbocycles. The molecule has 0 atom stereocenters. The molecule has 0 aliphatic carbocycles. The summed E-state index contributed by atoms with van der Waals surface area (Å²) >= 11 is 0. The first-order valence-electron chi connectivity index (χ1n) is 7.50. The van der Waals surface area contributed by atoms with Gasteiger partial charge in [-0.1, -0.05) is 0 Å². The minimum Gasteiger partial charge on any atom is -0.383 e. The second-order valence-corrected chi connectivity index (χ2v) is 4.97. The Bertz CT molecular complexity index is 394. The van der Waals surface area contributed by atoms with Gasteiger partial charge < -0.3 is 19.5 Å². The highest BCUT2D eigenvalue weighted by atomic mass is 16.5. The van der Waals surface area contributed by atoms with Crippen LogP contribution >= 0.6 is 0 Å². The maximum atomic E-state index is 5.50. The molecule has 0 unspecified atom stereocenters. The summed E-state index contributed by atoms with van der Waals surface area (Å²) in [4.78, 5) is 0. The molecule has 0 spiro atoms. The van der Waals surface area contributed by atoms with Crippen molar-refractivity contribution in [1.29, 1.82) is 0 Å². The highest BCUT2D eigenvalue weighted by Crippen LogP contribution is 2.13. The normalized spacial score (nSPS) is 11.2. The summed E-state index contributed by atoms with van der Waals surface area (Å²) in [5.74, 6) is 0. The van der Waals surface area contributed by atoms with Crippen molar-refractivity contribution in [2.45, 2.75) is 26.8 Å². The predicted molar refractivity (Wildman–Crippen MR) is 82.8 cm³/mol. The molecule has 0 radical (unpaired) electrons. The molecule has 1 aromatic heterocycles. The van der Waals surface area contributed by atoms with Gasteiger partial charge in [0.1, 0.15) is 0 Å². The lowest BCUT2D eigenvalue weighted by atomic mass is 10.1. The molecule has 6 heteroatoms. The van der Waals surface area contributed by atoms with Crippen LogP contribution in [-0.4, -0.2) is 63.5 Å². The number of ether oxygens (including phenoxy) is 3. The van der Waals surface area contributed by atoms with E-state index in [1.807, 2.05) is 4.68 Å². The first-order valence-corrected chi connectivity index (χ1v) is 7.50. The summed E-state index contributed by atoms with van der Waals surface area (Å²) in [7, 11) is 3.39. The first-order chi connectivity index (χ1) is 10.2. The fourth-order valence-corrected chi connectivity index (χ4v) is 2.22. The molecule has 0 saturated heterocycles. The average Bonchev–Trinajstić information content (AvgIpc) is 2.74. The molecule has 1 heterocycles. The Morgan fingerprint density at radius 3 is 2.48 bits per heavy atom. The quantitative estimate of drug-likeness (QED) is 0.582. The monoisotopic (exact) mass is 299 g/mol. The van der Waals surface area contributed by atoms with Crippen LogP contribution in [0, 0.1) is 13.8 Å². The molecule has 0 fully saturated rings. The van der Waals surface area contributed by atoms with Crippen molar-refractivity contribution in [3.05, 3.63) is 17.0 Å². The predicted octanol–water partition coefficient (Wildman–Crippen LogP) is 0.941. The lowest BCUT2D eigenvalue weighted by Gasteiger charge is -2.07. The van der Waals surface area contributed by atoms with Gasteiger partial charge in [-0.15, -0.1) is 0 Å². The highest BCUT2D eigenvalue weighted by Gasteiger charge is 2.10. The maximum Gasteiger partial charge on any atom is 0.0701 e. The number of hydrogen-bond donors (Lipinski definition) is 1. The Kier molecular flexibility index (Phi) is 9.25. The van der Waals surface area contributed by atoms with Gasteiger partial charge in [-0.3, -0.25) is 4.68 Å². The van der Waals surface area contributed by atoms with E-state index < -0.39 is 0 Å². The molecule has 0 aliphatic heterocycles. The second kappa shape index (κ2) is 10.7. The minimum absolute atomic E-state index is 0.631. The van der Waals surface area contributed by atoms with E-state index in [1.54, 1.807) is 14.2 Å². The molecule has 122 valence electrons. The van der Waals surface area contributed by atoms with Crippen LogP contribution in [0.25, 0.3) is 0 Å². The van der Waals surface area contributed by atoms with E-state index in [9.17, 15) is 0 Å². The van der Waals surface area contributed by atoms with Gasteiger partial charge in [0, 0.05) is 26.5 Å². The third-order valence-corrected chi connectivity index (χ3v) is 3.45. The molecule has 21 heavy (non-hydrogen) atoms. The van der Waals surface area contributed by atoms with E-state index in [0.29, 0.717) is 19.8 Å². The number of nitrogens with one attached hydrogen (secondary N) is 1. The van der Waals surface area contributed by atoms with Crippen molar-refractivity contribution in [2.24, 2.45) is 0 Å². The highest BCUT2D eigenvalue weighted by molar-refractivity contribution is 5.24. The molecule has 0 amide bonds. The summed E-state index contributed by atoms with van der Waals surface area (Å²) in [5, 5.41) is 7.96. The number of methoxy groups -OCH3 is 2. The minimum atomic E-state index is 0.631. The molecule has 0 aliphatic rings. The average molecular weight is 299 g/mol. The largest absolute Gasteiger partial charge is 0.383 e. The van der Waals surface area contributed by atoms with Gasteiger partial charge in [-0.05, 0) is 32.4 Å². The molecule has 0 saturated carbocycles. The van der Waals surface area contributed by atoms with Gasteiger partial charge in [0.25, 0.3) is 0 Å². The van der Waals surface area contributed by atoms with Crippen LogP contribution in [-0.2, 0) is 27.2 Å². The summed E-state index contributed by atoms with van der Waals surface area (Å²) < 4.78 is 17.5. The molecule has 1 rings (SSSR count). The number of aryl methyl sites for hydroxylation is 1. The molecule has 1 aromatic rings. The van der Waals surface area contributed by atoms with Crippen LogP contribution in [0.2, 0.25) is 0 Å². The smallest absolute Gasteiger partial charge is 0.0701 e. The Labute approximate surface area is 127 Å². The topological polar surface area (TPSA) is 57.5 Å². The third-order valence-electron chi connectivity index (χ3n) is 3.45. The Morgan fingerprint density at radius 1 is 1.00 bits per heavy atom. The van der Waals surface area contributed by atoms with E-state index in [-0.39, 0.29) is 0 Å². The number of rotatable bonds is 12. The van der Waals surface area contributed by atoms with Crippen molar-refractivity contribution >= 4 is 0 Å². The number of aromatic nitrogens is 2. The standard InChI is InChI=1S/C15H29N3O3/c1-13-15(5-6-16-7-9-19-3)14(2)18(17-13)8-10-21-12-11-20-4/h16H,5-12H2,1-4H3. The van der Waals surface area contributed by atoms with Crippen molar-refractivity contribution in [3.8, 4) is 0 Å². The van der Waals surface area contributed by atoms with Crippen LogP contribution in [0.4, 0.5) is 0 Å². The number of hydrogen-bond acceptors (Lipinski definition) is 5. The summed E-state index contributed by atoms with van der Waals surface area (Å²) in [5.41, 5.74) is 3.67. The summed E-state index contributed by atoms with van der Waals surface area (Å²) in [6.45, 7) is 9.48. The van der Waals surface area contributed by atoms with Crippen LogP contribution in [0.1, 0.15) is 17.0 Å². The Morgan fingerprint density at radius 2 is 1.76 bits per heavy atom. The zero-order valence-electron chi connectivity index (χ0n) is 13.8. The van der Waals surface area contributed by atoms with Gasteiger partial charge in [-0.25, -0.2) is 0 Å². The first kappa shape index (κ1) is 18.1. The van der Waals surface area contributed by atoms with Gasteiger partial charge in [0.15, 0.2) is 0 Å². The van der Waals surface area contributed by atoms with E-state index in [2.05, 4.69) is 24.3 Å². The zero-order valence-corrected chi connectivity index (χ0v) is 13.8. The fraction of sp³-hybridized carbons (Fsp3) is 0.800. The summed E-state index contributed by atoms with van der Waals surface area (Å²) in [6.07, 6.45) is 0.992. The van der Waals surface area contributed by atoms with E-state index in [1.165, 1.54) is 11.3 Å². The lowest BCUT2D eigenvalue weighted by molar-refractivity contribution is 0.0651. The zero-order chi connectivity index (χ0) is 15.5. The summed E-state index contributed by atoms with van der Waals surface area (Å²) in [6, 6.07) is 0. The van der Waals surface area contributed by atoms with Crippen LogP contribution < -0.4 is 5.32 Å². The van der Waals surface area contributed by atoms with E-state index in [4.69, 9.17) is 14.2 Å². The van der Waals surface area contributed by atoms with Crippen molar-refractivity contribution in [1.82, 2.24) is 15.1 Å². The third kappa shape index (κ3) is 6.56. The van der Waals surface area contributed by atoms with Crippen molar-refractivity contribution < 1.29 is 14.2 Å². The van der Waals surface area contributed by atoms with E-state index in [0.717, 1.165) is 38.4 Å². The van der Waals surface area contributed by atoms with Crippen molar-refractivity contribution in [2.75, 3.05) is 53.7 Å². The van der Waals surface area contributed by atoms with Crippen LogP contribution in [0.15, 0.2) is 0 Å².